The van der Waals surface area contributed by atoms with Crippen LogP contribution in [0.15, 0.2) is 236 Å². The van der Waals surface area contributed by atoms with Crippen molar-refractivity contribution in [2.24, 2.45) is 0 Å². The topological polar surface area (TPSA) is 6.48 Å². The molecule has 2 nitrogen and oxygen atoms in total. The Morgan fingerprint density at radius 2 is 0.565 bits per heavy atom. The van der Waals surface area contributed by atoms with Crippen LogP contribution in [0.25, 0.3) is 0 Å². The fourth-order valence-corrected chi connectivity index (χ4v) is 12.7. The van der Waals surface area contributed by atoms with E-state index in [2.05, 4.69) is 292 Å². The smallest absolute Gasteiger partial charge is 0.0742 e. The fourth-order valence-electron chi connectivity index (χ4n) is 10.3. The Hall–Kier alpha value is -5.50. The molecule has 9 aromatic carbocycles. The van der Waals surface area contributed by atoms with Gasteiger partial charge in [0.25, 0.3) is 0 Å². The maximum Gasteiger partial charge on any atom is 0.0742 e. The highest BCUT2D eigenvalue weighted by Crippen LogP contribution is 2.63. The molecule has 0 saturated heterocycles. The fraction of sp³-hybridized carbons (Fsp3) is 0.0357. The maximum atomic E-state index is 4.13. The molecule has 2 aliphatic heterocycles. The molecule has 6 heteroatoms. The first kappa shape index (κ1) is 39.4. The normalized spacial score (nSPS) is 14.3. The molecule has 0 bridgehead atoms. The highest BCUT2D eigenvalue weighted by molar-refractivity contribution is 9.11. The number of halogens is 4. The molecule has 0 N–H and O–H groups in total. The molecule has 62 heavy (non-hydrogen) atoms. The Morgan fingerprint density at radius 3 is 0.919 bits per heavy atom. The minimum atomic E-state index is -0.604. The van der Waals surface area contributed by atoms with E-state index in [1.165, 1.54) is 44.5 Å². The summed E-state index contributed by atoms with van der Waals surface area (Å²) in [6.45, 7) is 0. The van der Waals surface area contributed by atoms with E-state index in [-0.39, 0.29) is 0 Å². The monoisotopic (exact) mass is 1050 g/mol. The first-order valence-electron chi connectivity index (χ1n) is 20.5. The van der Waals surface area contributed by atoms with Crippen LogP contribution in [0.3, 0.4) is 0 Å². The molecule has 0 saturated carbocycles. The maximum absolute atomic E-state index is 4.13. The summed E-state index contributed by atoms with van der Waals surface area (Å²) in [5.41, 5.74) is 14.8. The van der Waals surface area contributed by atoms with Crippen molar-refractivity contribution in [3.8, 4) is 0 Å². The van der Waals surface area contributed by atoms with Gasteiger partial charge in [-0.05, 0) is 145 Å². The van der Waals surface area contributed by atoms with Crippen molar-refractivity contribution in [3.05, 3.63) is 281 Å². The van der Waals surface area contributed by atoms with Crippen LogP contribution in [0.4, 0.5) is 34.1 Å². The van der Waals surface area contributed by atoms with E-state index in [0.717, 1.165) is 52.0 Å². The van der Waals surface area contributed by atoms with Gasteiger partial charge in [0.05, 0.1) is 45.0 Å². The first-order valence-corrected chi connectivity index (χ1v) is 23.7. The lowest BCUT2D eigenvalue weighted by molar-refractivity contribution is 0.729. The van der Waals surface area contributed by atoms with Crippen LogP contribution in [0.1, 0.15) is 44.5 Å². The van der Waals surface area contributed by atoms with E-state index in [4.69, 9.17) is 0 Å². The lowest BCUT2D eigenvalue weighted by Gasteiger charge is -2.48. The van der Waals surface area contributed by atoms with E-state index in [9.17, 15) is 0 Å². The molecular formula is C56H36Br4N2. The number of para-hydroxylation sites is 4. The number of fused-ring (bicyclic) bond motifs is 4. The summed E-state index contributed by atoms with van der Waals surface area (Å²) in [7, 11) is 0. The highest BCUT2D eigenvalue weighted by atomic mass is 79.9. The van der Waals surface area contributed by atoms with Gasteiger partial charge in [-0.2, -0.15) is 0 Å². The molecule has 0 spiro atoms. The molecular weight excluding hydrogens is 1020 g/mol. The van der Waals surface area contributed by atoms with Gasteiger partial charge in [-0.1, -0.05) is 182 Å². The summed E-state index contributed by atoms with van der Waals surface area (Å²) in [5.74, 6) is 0. The van der Waals surface area contributed by atoms with Gasteiger partial charge in [-0.25, -0.2) is 0 Å². The van der Waals surface area contributed by atoms with Crippen LogP contribution < -0.4 is 9.80 Å². The Labute approximate surface area is 396 Å². The van der Waals surface area contributed by atoms with Crippen LogP contribution in [-0.2, 0) is 10.8 Å². The summed E-state index contributed by atoms with van der Waals surface area (Å²) in [4.78, 5) is 4.88. The zero-order valence-corrected chi connectivity index (χ0v) is 39.5. The van der Waals surface area contributed by atoms with Crippen LogP contribution >= 0.6 is 63.7 Å². The van der Waals surface area contributed by atoms with Crippen molar-refractivity contribution < 1.29 is 0 Å². The molecule has 0 amide bonds. The van der Waals surface area contributed by atoms with Gasteiger partial charge < -0.3 is 9.80 Å². The lowest BCUT2D eigenvalue weighted by Crippen LogP contribution is -2.38. The third kappa shape index (κ3) is 5.76. The number of hydrogen-bond acceptors (Lipinski definition) is 2. The molecule has 0 aromatic heterocycles. The minimum absolute atomic E-state index is 0.604. The summed E-state index contributed by atoms with van der Waals surface area (Å²) in [5, 5.41) is 0. The van der Waals surface area contributed by atoms with Gasteiger partial charge in [-0.15, -0.1) is 0 Å². The molecule has 0 aliphatic carbocycles. The molecule has 0 fully saturated rings. The second-order valence-electron chi connectivity index (χ2n) is 15.7. The van der Waals surface area contributed by atoms with Gasteiger partial charge in [0, 0.05) is 17.9 Å². The molecule has 298 valence electrons. The summed E-state index contributed by atoms with van der Waals surface area (Å²) >= 11 is 16.5. The SMILES string of the molecule is Brc1cc(Br)c(N2c3ccccc3C(c3ccccc3)(c3ccccc3)c3cccc(Br)c32)cc1N1c2ccccc2C(c2ccccc2)(c2ccccc2)c2cccc(Br)c21. The second-order valence-corrected chi connectivity index (χ2v) is 19.1. The average molecular weight is 1060 g/mol. The zero-order chi connectivity index (χ0) is 42.0. The Kier molecular flexibility index (Phi) is 9.96. The molecule has 9 aromatic rings. The average Bonchev–Trinajstić information content (AvgIpc) is 3.32. The van der Waals surface area contributed by atoms with E-state index < -0.39 is 10.8 Å². The van der Waals surface area contributed by atoms with Crippen molar-refractivity contribution in [3.63, 3.8) is 0 Å². The molecule has 0 radical (unpaired) electrons. The molecule has 11 rings (SSSR count). The molecule has 2 heterocycles. The number of anilines is 6. The largest absolute Gasteiger partial charge is 0.307 e. The minimum Gasteiger partial charge on any atom is -0.307 e. The van der Waals surface area contributed by atoms with Crippen molar-refractivity contribution in [1.29, 1.82) is 0 Å². The van der Waals surface area contributed by atoms with E-state index >= 15 is 0 Å². The molecule has 2 aliphatic rings. The van der Waals surface area contributed by atoms with E-state index in [0.29, 0.717) is 0 Å². The number of rotatable bonds is 6. The van der Waals surface area contributed by atoms with Crippen LogP contribution in [0.2, 0.25) is 0 Å². The van der Waals surface area contributed by atoms with Crippen molar-refractivity contribution in [1.82, 2.24) is 0 Å². The van der Waals surface area contributed by atoms with Crippen LogP contribution in [0.5, 0.6) is 0 Å². The third-order valence-electron chi connectivity index (χ3n) is 12.7. The summed E-state index contributed by atoms with van der Waals surface area (Å²) in [6, 6.07) is 79.4. The number of hydrogen-bond donors (Lipinski definition) is 0. The number of nitrogens with zero attached hydrogens (tertiary/aromatic N) is 2. The summed E-state index contributed by atoms with van der Waals surface area (Å²) in [6.07, 6.45) is 0. The molecule has 0 atom stereocenters. The lowest BCUT2D eigenvalue weighted by atomic mass is 9.62. The highest BCUT2D eigenvalue weighted by Gasteiger charge is 2.49. The standard InChI is InChI=1S/C56H36Br4N2/c57-45-31-17-29-43-53(45)61(49-33-15-13-27-41(49)55(43,37-19-5-1-6-20-37)38-21-7-2-8-22-38)51-36-52(48(60)35-47(51)59)62-50-34-16-14-28-42(50)56(39-23-9-3-10-24-39,40-25-11-4-12-26-40)44-30-18-32-46(58)54(44)62/h1-36H. The predicted octanol–water partition coefficient (Wildman–Crippen LogP) is 17.1. The van der Waals surface area contributed by atoms with Crippen LogP contribution in [0, 0.1) is 0 Å². The Morgan fingerprint density at radius 1 is 0.258 bits per heavy atom. The van der Waals surface area contributed by atoms with Crippen LogP contribution in [-0.4, -0.2) is 0 Å². The van der Waals surface area contributed by atoms with E-state index in [1.807, 2.05) is 0 Å². The van der Waals surface area contributed by atoms with Crippen molar-refractivity contribution in [2.75, 3.05) is 9.80 Å². The Bertz CT molecular complexity index is 2850. The van der Waals surface area contributed by atoms with Gasteiger partial charge >= 0.3 is 0 Å². The third-order valence-corrected chi connectivity index (χ3v) is 15.2. The van der Waals surface area contributed by atoms with E-state index in [1.54, 1.807) is 0 Å². The van der Waals surface area contributed by atoms with Crippen molar-refractivity contribution in [2.45, 2.75) is 10.8 Å². The van der Waals surface area contributed by atoms with Gasteiger partial charge in [0.15, 0.2) is 0 Å². The Balaban J connectivity index is 1.20. The predicted molar refractivity (Wildman–Crippen MR) is 270 cm³/mol. The quantitative estimate of drug-likeness (QED) is 0.164. The second kappa shape index (κ2) is 15.7. The molecule has 0 unspecified atom stereocenters. The van der Waals surface area contributed by atoms with Crippen molar-refractivity contribution >= 4 is 97.8 Å². The van der Waals surface area contributed by atoms with Gasteiger partial charge in [-0.3, -0.25) is 0 Å². The first-order chi connectivity index (χ1) is 30.5. The van der Waals surface area contributed by atoms with Gasteiger partial charge in [0.2, 0.25) is 0 Å². The zero-order valence-electron chi connectivity index (χ0n) is 33.2. The summed E-state index contributed by atoms with van der Waals surface area (Å²) < 4.78 is 3.92. The number of benzene rings is 9. The van der Waals surface area contributed by atoms with Gasteiger partial charge in [0.1, 0.15) is 0 Å².